The van der Waals surface area contributed by atoms with Crippen LogP contribution in [0.3, 0.4) is 0 Å². The summed E-state index contributed by atoms with van der Waals surface area (Å²) in [7, 11) is 0. The normalized spacial score (nSPS) is 12.9. The number of ether oxygens (including phenoxy) is 1. The number of carboxylic acid groups (broad SMARTS) is 1. The van der Waals surface area contributed by atoms with E-state index in [0.29, 0.717) is 12.8 Å². The summed E-state index contributed by atoms with van der Waals surface area (Å²) in [5.41, 5.74) is 0. The largest absolute Gasteiger partial charge is 0.480 e. The van der Waals surface area contributed by atoms with Gasteiger partial charge in [0.15, 0.2) is 0 Å². The molecule has 56 heavy (non-hydrogen) atoms. The van der Waals surface area contributed by atoms with Gasteiger partial charge in [-0.05, 0) is 83.1 Å². The van der Waals surface area contributed by atoms with Crippen molar-refractivity contribution in [2.75, 3.05) is 13.2 Å². The third kappa shape index (κ3) is 37.7. The van der Waals surface area contributed by atoms with E-state index >= 15 is 0 Å². The lowest BCUT2D eigenvalue weighted by atomic mass is 10.1. The molecule has 0 aliphatic rings. The number of aliphatic hydroxyl groups excluding tert-OH is 1. The molecule has 0 aromatic heterocycles. The molecule has 9 heteroatoms. The van der Waals surface area contributed by atoms with Gasteiger partial charge in [0.1, 0.15) is 12.1 Å². The first-order chi connectivity index (χ1) is 27.3. The minimum atomic E-state index is -1.39. The molecule has 0 aliphatic carbocycles. The van der Waals surface area contributed by atoms with Gasteiger partial charge in [-0.15, -0.1) is 0 Å². The first-order valence-electron chi connectivity index (χ1n) is 22.5. The Labute approximate surface area is 341 Å². The van der Waals surface area contributed by atoms with Gasteiger partial charge in [-0.1, -0.05) is 153 Å². The van der Waals surface area contributed by atoms with Crippen LogP contribution in [0.15, 0.2) is 48.6 Å². The molecular weight excluding hydrogens is 705 g/mol. The Morgan fingerprint density at radius 1 is 0.554 bits per heavy atom. The van der Waals surface area contributed by atoms with Crippen LogP contribution in [-0.4, -0.2) is 59.3 Å². The number of unbranched alkanes of at least 4 members (excludes halogenated alkanes) is 20. The van der Waals surface area contributed by atoms with Gasteiger partial charge in [-0.2, -0.15) is 0 Å². The molecular formula is C47H82N2O7. The Hall–Kier alpha value is -3.20. The van der Waals surface area contributed by atoms with Crippen molar-refractivity contribution in [3.63, 3.8) is 0 Å². The van der Waals surface area contributed by atoms with Gasteiger partial charge in [-0.3, -0.25) is 14.4 Å². The number of allylic oxidation sites excluding steroid dienone is 7. The highest BCUT2D eigenvalue weighted by atomic mass is 16.5. The van der Waals surface area contributed by atoms with Crippen LogP contribution in [0.2, 0.25) is 0 Å². The quantitative estimate of drug-likeness (QED) is 0.0275. The maximum atomic E-state index is 12.7. The third-order valence-electron chi connectivity index (χ3n) is 9.78. The molecule has 2 unspecified atom stereocenters. The number of aliphatic carboxylic acids is 1. The maximum Gasteiger partial charge on any atom is 0.328 e. The number of carbonyl (C=O) groups excluding carboxylic acids is 3. The van der Waals surface area contributed by atoms with E-state index in [9.17, 15) is 19.2 Å². The Morgan fingerprint density at radius 2 is 1.02 bits per heavy atom. The van der Waals surface area contributed by atoms with Gasteiger partial charge in [0.2, 0.25) is 11.8 Å². The van der Waals surface area contributed by atoms with Crippen LogP contribution in [0.4, 0.5) is 0 Å². The molecule has 0 saturated carbocycles. The van der Waals surface area contributed by atoms with Gasteiger partial charge >= 0.3 is 11.9 Å². The summed E-state index contributed by atoms with van der Waals surface area (Å²) in [5, 5.41) is 22.5. The molecule has 0 spiro atoms. The first-order valence-corrected chi connectivity index (χ1v) is 22.5. The molecule has 322 valence electrons. The van der Waals surface area contributed by atoms with Gasteiger partial charge in [-0.25, -0.2) is 4.79 Å². The number of aliphatic hydroxyl groups is 1. The molecule has 0 aromatic carbocycles. The van der Waals surface area contributed by atoms with Crippen molar-refractivity contribution in [2.45, 2.75) is 212 Å². The topological polar surface area (TPSA) is 142 Å². The summed E-state index contributed by atoms with van der Waals surface area (Å²) in [5.74, 6) is -2.43. The van der Waals surface area contributed by atoms with Crippen LogP contribution in [0.25, 0.3) is 0 Å². The Bertz CT molecular complexity index is 1080. The van der Waals surface area contributed by atoms with E-state index in [-0.39, 0.29) is 30.9 Å². The second-order valence-corrected chi connectivity index (χ2v) is 15.1. The molecule has 0 rings (SSSR count). The van der Waals surface area contributed by atoms with Crippen LogP contribution in [0.1, 0.15) is 200 Å². The second-order valence-electron chi connectivity index (χ2n) is 15.1. The Kier molecular flexibility index (Phi) is 39.1. The smallest absolute Gasteiger partial charge is 0.328 e. The van der Waals surface area contributed by atoms with Crippen molar-refractivity contribution in [1.29, 1.82) is 0 Å². The van der Waals surface area contributed by atoms with Crippen molar-refractivity contribution >= 4 is 23.8 Å². The first kappa shape index (κ1) is 52.8. The molecule has 0 radical (unpaired) electrons. The summed E-state index contributed by atoms with van der Waals surface area (Å²) in [6.45, 7) is 3.40. The predicted octanol–water partition coefficient (Wildman–Crippen LogP) is 11.2. The molecule has 2 atom stereocenters. The molecule has 0 aliphatic heterocycles. The zero-order valence-corrected chi connectivity index (χ0v) is 35.6. The van der Waals surface area contributed by atoms with Crippen molar-refractivity contribution in [3.8, 4) is 0 Å². The van der Waals surface area contributed by atoms with E-state index in [2.05, 4.69) is 67.0 Å². The van der Waals surface area contributed by atoms with Crippen LogP contribution < -0.4 is 10.6 Å². The Balaban J connectivity index is 4.20. The van der Waals surface area contributed by atoms with E-state index in [1.165, 1.54) is 103 Å². The standard InChI is InChI=1S/C47H82N2O7/c1-3-5-7-9-11-13-14-15-16-17-18-19-20-21-22-23-24-25-27-29-35-39-46(53)56-42(36-32-28-26-12-10-8-6-4-2)37-33-30-31-34-38-44(51)48-40-45(52)49-43(41-50)47(54)55/h12,14-15,17-18,26,32,36,42-43,50H,3-11,13,16,19-25,27-31,33-35,37-41H2,1-2H3,(H,48,51)(H,49,52)(H,54,55)/b15-14-,18-17-,26-12-,36-32-. The lowest BCUT2D eigenvalue weighted by Gasteiger charge is -2.15. The van der Waals surface area contributed by atoms with Crippen molar-refractivity contribution in [3.05, 3.63) is 48.6 Å². The number of hydrogen-bond donors (Lipinski definition) is 4. The zero-order chi connectivity index (χ0) is 41.2. The van der Waals surface area contributed by atoms with Crippen LogP contribution >= 0.6 is 0 Å². The van der Waals surface area contributed by atoms with E-state index in [1.807, 2.05) is 6.08 Å². The molecule has 0 saturated heterocycles. The number of esters is 1. The van der Waals surface area contributed by atoms with Gasteiger partial charge < -0.3 is 25.6 Å². The molecule has 0 heterocycles. The number of carbonyl (C=O) groups is 4. The number of carboxylic acids is 1. The summed E-state index contributed by atoms with van der Waals surface area (Å²) in [4.78, 5) is 47.5. The fourth-order valence-corrected chi connectivity index (χ4v) is 6.28. The minimum absolute atomic E-state index is 0.132. The number of nitrogens with one attached hydrogen (secondary N) is 2. The van der Waals surface area contributed by atoms with E-state index in [1.54, 1.807) is 0 Å². The average molecular weight is 787 g/mol. The molecule has 0 fully saturated rings. The summed E-state index contributed by atoms with van der Waals surface area (Å²) in [6, 6.07) is -1.39. The Morgan fingerprint density at radius 3 is 1.57 bits per heavy atom. The fourth-order valence-electron chi connectivity index (χ4n) is 6.28. The third-order valence-corrected chi connectivity index (χ3v) is 9.78. The zero-order valence-electron chi connectivity index (χ0n) is 35.6. The van der Waals surface area contributed by atoms with Crippen molar-refractivity contribution < 1.29 is 34.1 Å². The summed E-state index contributed by atoms with van der Waals surface area (Å²) >= 11 is 0. The van der Waals surface area contributed by atoms with E-state index in [4.69, 9.17) is 14.9 Å². The summed E-state index contributed by atoms with van der Waals surface area (Å²) in [6.07, 6.45) is 48.8. The highest BCUT2D eigenvalue weighted by Crippen LogP contribution is 2.15. The number of hydrogen-bond acceptors (Lipinski definition) is 6. The maximum absolute atomic E-state index is 12.7. The van der Waals surface area contributed by atoms with Gasteiger partial charge in [0, 0.05) is 12.8 Å². The van der Waals surface area contributed by atoms with Gasteiger partial charge in [0.25, 0.3) is 0 Å². The highest BCUT2D eigenvalue weighted by Gasteiger charge is 2.18. The minimum Gasteiger partial charge on any atom is -0.480 e. The number of amides is 2. The molecule has 2 amide bonds. The second kappa shape index (κ2) is 41.4. The van der Waals surface area contributed by atoms with E-state index in [0.717, 1.165) is 64.2 Å². The summed E-state index contributed by atoms with van der Waals surface area (Å²) < 4.78 is 5.89. The lowest BCUT2D eigenvalue weighted by molar-refractivity contribution is -0.147. The van der Waals surface area contributed by atoms with Gasteiger partial charge in [0.05, 0.1) is 13.2 Å². The molecule has 4 N–H and O–H groups in total. The lowest BCUT2D eigenvalue weighted by Crippen LogP contribution is -2.47. The van der Waals surface area contributed by atoms with Crippen LogP contribution in [-0.2, 0) is 23.9 Å². The fraction of sp³-hybridized carbons (Fsp3) is 0.745. The van der Waals surface area contributed by atoms with Crippen LogP contribution in [0.5, 0.6) is 0 Å². The molecule has 9 nitrogen and oxygen atoms in total. The van der Waals surface area contributed by atoms with Crippen molar-refractivity contribution in [1.82, 2.24) is 10.6 Å². The van der Waals surface area contributed by atoms with E-state index < -0.39 is 24.5 Å². The SMILES string of the molecule is CCCCC/C=C\C/C=C\C(CCCCCCC(=O)NCC(=O)NC(CO)C(=O)O)OC(=O)CCCCCCCCCCC/C=C\C/C=C\CCCCCCC. The predicted molar refractivity (Wildman–Crippen MR) is 231 cm³/mol. The molecule has 0 aromatic rings. The highest BCUT2D eigenvalue weighted by molar-refractivity contribution is 5.87. The van der Waals surface area contributed by atoms with Crippen LogP contribution in [0, 0.1) is 0 Å². The monoisotopic (exact) mass is 787 g/mol. The average Bonchev–Trinajstić information content (AvgIpc) is 3.18. The number of rotatable bonds is 40. The van der Waals surface area contributed by atoms with Crippen molar-refractivity contribution in [2.24, 2.45) is 0 Å². The molecule has 0 bridgehead atoms.